The Morgan fingerprint density at radius 2 is 1.58 bits per heavy atom. The third-order valence-electron chi connectivity index (χ3n) is 5.42. The summed E-state index contributed by atoms with van der Waals surface area (Å²) in [6.45, 7) is 5.93. The maximum atomic E-state index is 12.9. The number of amides is 1. The molecule has 0 spiro atoms. The van der Waals surface area contributed by atoms with Crippen molar-refractivity contribution in [1.82, 2.24) is 25.5 Å². The highest BCUT2D eigenvalue weighted by atomic mass is 16.4. The Morgan fingerprint density at radius 3 is 2.08 bits per heavy atom. The monoisotopic (exact) mass is 507 g/mol. The van der Waals surface area contributed by atoms with Crippen molar-refractivity contribution in [3.63, 3.8) is 0 Å². The van der Waals surface area contributed by atoms with Crippen LogP contribution in [0.2, 0.25) is 0 Å². The molecule has 36 heavy (non-hydrogen) atoms. The molecule has 12 heteroatoms. The molecule has 1 amide bonds. The molecule has 0 unspecified atom stereocenters. The fourth-order valence-electron chi connectivity index (χ4n) is 3.78. The lowest BCUT2D eigenvalue weighted by molar-refractivity contribution is -0.153. The lowest BCUT2D eigenvalue weighted by Crippen LogP contribution is -2.47. The van der Waals surface area contributed by atoms with Crippen molar-refractivity contribution in [2.24, 2.45) is 5.92 Å². The highest BCUT2D eigenvalue weighted by Gasteiger charge is 2.32. The van der Waals surface area contributed by atoms with Gasteiger partial charge in [-0.3, -0.25) is 4.79 Å². The first-order chi connectivity index (χ1) is 15.4. The molecule has 10 N–H and O–H groups in total. The number of carboxylic acid groups (broad SMARTS) is 1. The Hall–Kier alpha value is -3.71. The highest BCUT2D eigenvalue weighted by Crippen LogP contribution is 2.30. The van der Waals surface area contributed by atoms with Gasteiger partial charge >= 0.3 is 5.97 Å². The predicted molar refractivity (Wildman–Crippen MR) is 136 cm³/mol. The van der Waals surface area contributed by atoms with Gasteiger partial charge in [0.25, 0.3) is 0 Å². The van der Waals surface area contributed by atoms with Crippen molar-refractivity contribution < 1.29 is 36.6 Å². The number of carboxylic acids is 1. The van der Waals surface area contributed by atoms with Crippen molar-refractivity contribution in [2.75, 3.05) is 0 Å². The number of nitrogens with zero attached hydrogens (tertiary/aromatic N) is 4. The van der Waals surface area contributed by atoms with Gasteiger partial charge in [-0.25, -0.2) is 4.79 Å². The summed E-state index contributed by atoms with van der Waals surface area (Å²) in [6, 6.07) is 14.7. The fourth-order valence-corrected chi connectivity index (χ4v) is 3.78. The number of carbonyl (C=O) groups excluding carboxylic acids is 1. The van der Waals surface area contributed by atoms with Gasteiger partial charge in [-0.2, -0.15) is 5.21 Å². The molecule has 1 aromatic heterocycles. The number of H-pyrrole nitrogens is 1. The molecular formula is C24H37N5O7. The van der Waals surface area contributed by atoms with Crippen LogP contribution >= 0.6 is 0 Å². The van der Waals surface area contributed by atoms with Crippen LogP contribution in [-0.2, 0) is 16.1 Å². The average Bonchev–Trinajstić information content (AvgIpc) is 3.32. The number of rotatable bonds is 10. The number of aliphatic carboxylic acids is 1. The Balaban J connectivity index is 0. The van der Waals surface area contributed by atoms with E-state index in [1.54, 1.807) is 0 Å². The number of benzene rings is 2. The minimum Gasteiger partial charge on any atom is -0.480 e. The van der Waals surface area contributed by atoms with Gasteiger partial charge in [0.1, 0.15) is 6.04 Å². The summed E-state index contributed by atoms with van der Waals surface area (Å²) in [5.41, 5.74) is 3.66. The molecule has 0 fully saturated rings. The van der Waals surface area contributed by atoms with E-state index in [2.05, 4.69) is 20.6 Å². The number of carbonyl (C=O) groups is 2. The molecule has 0 aliphatic carbocycles. The maximum absolute atomic E-state index is 12.9. The maximum Gasteiger partial charge on any atom is 0.326 e. The van der Waals surface area contributed by atoms with E-state index in [4.69, 9.17) is 0 Å². The third kappa shape index (κ3) is 8.20. The van der Waals surface area contributed by atoms with Gasteiger partial charge in [0, 0.05) is 18.5 Å². The van der Waals surface area contributed by atoms with Gasteiger partial charge in [-0.15, -0.1) is 10.2 Å². The summed E-state index contributed by atoms with van der Waals surface area (Å²) in [7, 11) is 0. The number of hydrogen-bond acceptors (Lipinski definition) is 5. The lowest BCUT2D eigenvalue weighted by atomic mass is 9.97. The smallest absolute Gasteiger partial charge is 0.326 e. The largest absolute Gasteiger partial charge is 0.480 e. The van der Waals surface area contributed by atoms with E-state index in [-0.39, 0.29) is 40.3 Å². The van der Waals surface area contributed by atoms with Crippen LogP contribution in [-0.4, -0.2) is 70.5 Å². The number of aromatic amines is 1. The van der Waals surface area contributed by atoms with Gasteiger partial charge < -0.3 is 31.9 Å². The van der Waals surface area contributed by atoms with E-state index < -0.39 is 12.0 Å². The number of hydrogen-bond donors (Lipinski definition) is 2. The zero-order valence-electron chi connectivity index (χ0n) is 20.7. The van der Waals surface area contributed by atoms with E-state index in [9.17, 15) is 14.7 Å². The van der Waals surface area contributed by atoms with Crippen LogP contribution in [0, 0.1) is 5.92 Å². The number of aromatic nitrogens is 4. The number of unbranched alkanes of at least 4 members (excludes halogenated alkanes) is 1. The molecule has 0 bridgehead atoms. The van der Waals surface area contributed by atoms with Crippen molar-refractivity contribution in [1.29, 1.82) is 0 Å². The minimum atomic E-state index is -0.976. The quantitative estimate of drug-likeness (QED) is 0.403. The molecule has 1 heterocycles. The molecule has 3 aromatic rings. The Kier molecular flexibility index (Phi) is 15.4. The third-order valence-corrected chi connectivity index (χ3v) is 5.42. The lowest BCUT2D eigenvalue weighted by Gasteiger charge is -2.32. The Bertz CT molecular complexity index is 1040. The number of nitrogens with one attached hydrogen (secondary N) is 1. The molecule has 0 aliphatic heterocycles. The average molecular weight is 508 g/mol. The Morgan fingerprint density at radius 1 is 0.972 bits per heavy atom. The molecule has 3 rings (SSSR count). The summed E-state index contributed by atoms with van der Waals surface area (Å²) in [4.78, 5) is 26.3. The fraction of sp³-hybridized carbons (Fsp3) is 0.375. The molecule has 0 aliphatic rings. The van der Waals surface area contributed by atoms with E-state index in [0.717, 1.165) is 35.1 Å². The van der Waals surface area contributed by atoms with Crippen molar-refractivity contribution >= 4 is 11.9 Å². The topological polar surface area (TPSA) is 238 Å². The van der Waals surface area contributed by atoms with E-state index in [1.807, 2.05) is 69.3 Å². The van der Waals surface area contributed by atoms with Crippen LogP contribution in [0.3, 0.4) is 0 Å². The first-order valence-corrected chi connectivity index (χ1v) is 10.9. The second-order valence-corrected chi connectivity index (χ2v) is 8.13. The predicted octanol–water partition coefficient (Wildman–Crippen LogP) is 0.863. The zero-order chi connectivity index (χ0) is 23.1. The van der Waals surface area contributed by atoms with Crippen molar-refractivity contribution in [3.05, 3.63) is 54.1 Å². The summed E-state index contributed by atoms with van der Waals surface area (Å²) >= 11 is 0. The molecule has 2 aromatic carbocycles. The second-order valence-electron chi connectivity index (χ2n) is 8.13. The summed E-state index contributed by atoms with van der Waals surface area (Å²) < 4.78 is 0. The van der Waals surface area contributed by atoms with Crippen molar-refractivity contribution in [3.8, 4) is 22.5 Å². The summed E-state index contributed by atoms with van der Waals surface area (Å²) in [6.07, 6.45) is 1.97. The normalized spacial score (nSPS) is 10.7. The van der Waals surface area contributed by atoms with Gasteiger partial charge in [0.15, 0.2) is 0 Å². The molecular weight excluding hydrogens is 470 g/mol. The van der Waals surface area contributed by atoms with Crippen LogP contribution in [0.4, 0.5) is 0 Å². The van der Waals surface area contributed by atoms with E-state index in [1.165, 1.54) is 4.90 Å². The van der Waals surface area contributed by atoms with Gasteiger partial charge in [-0.1, -0.05) is 75.7 Å². The number of tetrazole rings is 1. The molecule has 200 valence electrons. The summed E-state index contributed by atoms with van der Waals surface area (Å²) in [5.74, 6) is -0.784. The molecule has 0 radical (unpaired) electrons. The Labute approximate surface area is 209 Å². The van der Waals surface area contributed by atoms with Gasteiger partial charge in [0.2, 0.25) is 11.7 Å². The molecule has 1 atom stereocenters. The minimum absolute atomic E-state index is 0. The van der Waals surface area contributed by atoms with Crippen LogP contribution in [0.25, 0.3) is 22.5 Å². The first kappa shape index (κ1) is 34.5. The molecule has 0 saturated heterocycles. The van der Waals surface area contributed by atoms with Gasteiger partial charge in [-0.05, 0) is 34.2 Å². The SMILES string of the molecule is CCCCC(=O)N(Cc1ccc(-c2ccccc2-c2nn[nH]n2)cc1)[C@H](C(=O)O)C(C)C.O.O.O.O. The first-order valence-electron chi connectivity index (χ1n) is 10.9. The molecule has 0 saturated carbocycles. The van der Waals surface area contributed by atoms with Gasteiger partial charge in [0.05, 0.1) is 0 Å². The van der Waals surface area contributed by atoms with Crippen LogP contribution in [0.15, 0.2) is 48.5 Å². The second kappa shape index (κ2) is 16.1. The van der Waals surface area contributed by atoms with Crippen LogP contribution < -0.4 is 0 Å². The molecule has 12 nitrogen and oxygen atoms in total. The van der Waals surface area contributed by atoms with E-state index >= 15 is 0 Å². The zero-order valence-corrected chi connectivity index (χ0v) is 20.7. The van der Waals surface area contributed by atoms with Crippen LogP contribution in [0.5, 0.6) is 0 Å². The highest BCUT2D eigenvalue weighted by molar-refractivity contribution is 5.84. The van der Waals surface area contributed by atoms with Crippen LogP contribution in [0.1, 0.15) is 45.6 Å². The van der Waals surface area contributed by atoms with E-state index in [0.29, 0.717) is 12.2 Å². The standard InChI is InChI=1S/C24H29N5O3.4H2O/c1-4-5-10-21(30)29(22(16(2)3)24(31)32)15-17-11-13-18(14-12-17)19-8-6-7-9-20(19)23-25-27-28-26-23;;;;/h6-9,11-14,16,22H,4-5,10,15H2,1-3H3,(H,31,32)(H,25,26,27,28);4*1H2/t22-;;;;/m0..../s1. The van der Waals surface area contributed by atoms with Crippen molar-refractivity contribution in [2.45, 2.75) is 52.6 Å². The summed E-state index contributed by atoms with van der Waals surface area (Å²) in [5, 5.41) is 24.0.